The minimum absolute atomic E-state index is 0.110. The van der Waals surface area contributed by atoms with E-state index in [2.05, 4.69) is 31.0 Å². The van der Waals surface area contributed by atoms with Gasteiger partial charge in [0.1, 0.15) is 0 Å². The van der Waals surface area contributed by atoms with Gasteiger partial charge in [-0.2, -0.15) is 0 Å². The third kappa shape index (κ3) is 4.94. The van der Waals surface area contributed by atoms with Crippen LogP contribution in [-0.2, 0) is 4.79 Å². The second kappa shape index (κ2) is 7.74. The summed E-state index contributed by atoms with van der Waals surface area (Å²) < 4.78 is 0. The summed E-state index contributed by atoms with van der Waals surface area (Å²) in [6.07, 6.45) is 3.65. The quantitative estimate of drug-likeness (QED) is 0.731. The molecule has 18 heavy (non-hydrogen) atoms. The predicted molar refractivity (Wildman–Crippen MR) is 73.8 cm³/mol. The molecule has 1 unspecified atom stereocenters. The first-order valence-electron chi connectivity index (χ1n) is 7.28. The Morgan fingerprint density at radius 2 is 1.83 bits per heavy atom. The van der Waals surface area contributed by atoms with Crippen LogP contribution in [0.3, 0.4) is 0 Å². The molecule has 1 atom stereocenters. The predicted octanol–water partition coefficient (Wildman–Crippen LogP) is 1.95. The summed E-state index contributed by atoms with van der Waals surface area (Å²) in [5.74, 6) is -0.731. The number of nitrogens with zero attached hydrogens (tertiary/aromatic N) is 1. The molecule has 0 aromatic rings. The topological polar surface area (TPSA) is 52.6 Å². The van der Waals surface area contributed by atoms with E-state index in [4.69, 9.17) is 5.11 Å². The Kier molecular flexibility index (Phi) is 6.65. The number of aliphatic carboxylic acids is 1. The van der Waals surface area contributed by atoms with Gasteiger partial charge >= 0.3 is 5.97 Å². The maximum atomic E-state index is 10.9. The lowest BCUT2D eigenvalue weighted by Crippen LogP contribution is -2.45. The molecule has 106 valence electrons. The minimum atomic E-state index is -0.621. The van der Waals surface area contributed by atoms with Crippen LogP contribution < -0.4 is 5.32 Å². The van der Waals surface area contributed by atoms with Crippen LogP contribution in [0.15, 0.2) is 0 Å². The summed E-state index contributed by atoms with van der Waals surface area (Å²) in [7, 11) is 0. The molecule has 1 aliphatic carbocycles. The average Bonchev–Trinajstić information content (AvgIpc) is 2.36. The largest absolute Gasteiger partial charge is 0.481 e. The fourth-order valence-electron chi connectivity index (χ4n) is 2.83. The van der Waals surface area contributed by atoms with Gasteiger partial charge in [0.05, 0.1) is 5.92 Å². The van der Waals surface area contributed by atoms with Crippen molar-refractivity contribution < 1.29 is 9.90 Å². The van der Waals surface area contributed by atoms with E-state index in [-0.39, 0.29) is 5.92 Å². The van der Waals surface area contributed by atoms with Crippen molar-refractivity contribution in [2.24, 2.45) is 5.92 Å². The SMILES string of the molecule is CCN(CC)CC(C)NC1CCC(C(=O)O)CC1. The molecule has 0 aliphatic heterocycles. The highest BCUT2D eigenvalue weighted by atomic mass is 16.4. The molecule has 2 N–H and O–H groups in total. The Hall–Kier alpha value is -0.610. The van der Waals surface area contributed by atoms with E-state index in [1.807, 2.05) is 0 Å². The second-order valence-electron chi connectivity index (χ2n) is 5.44. The summed E-state index contributed by atoms with van der Waals surface area (Å²) in [4.78, 5) is 13.3. The first-order valence-corrected chi connectivity index (χ1v) is 7.28. The van der Waals surface area contributed by atoms with Crippen LogP contribution in [0, 0.1) is 5.92 Å². The van der Waals surface area contributed by atoms with E-state index in [1.165, 1.54) is 0 Å². The van der Waals surface area contributed by atoms with Crippen LogP contribution in [0.1, 0.15) is 46.5 Å². The molecule has 0 saturated heterocycles. The summed E-state index contributed by atoms with van der Waals surface area (Å²) >= 11 is 0. The lowest BCUT2D eigenvalue weighted by Gasteiger charge is -2.31. The first kappa shape index (κ1) is 15.4. The van der Waals surface area contributed by atoms with E-state index >= 15 is 0 Å². The Morgan fingerprint density at radius 1 is 1.28 bits per heavy atom. The van der Waals surface area contributed by atoms with Crippen molar-refractivity contribution in [3.05, 3.63) is 0 Å². The van der Waals surface area contributed by atoms with Crippen molar-refractivity contribution in [3.63, 3.8) is 0 Å². The van der Waals surface area contributed by atoms with Gasteiger partial charge in [0.25, 0.3) is 0 Å². The summed E-state index contributed by atoms with van der Waals surface area (Å²) in [5, 5.41) is 12.6. The fraction of sp³-hybridized carbons (Fsp3) is 0.929. The maximum absolute atomic E-state index is 10.9. The highest BCUT2D eigenvalue weighted by Gasteiger charge is 2.26. The monoisotopic (exact) mass is 256 g/mol. The van der Waals surface area contributed by atoms with E-state index in [9.17, 15) is 4.79 Å². The number of nitrogens with one attached hydrogen (secondary N) is 1. The molecule has 0 bridgehead atoms. The second-order valence-corrected chi connectivity index (χ2v) is 5.44. The lowest BCUT2D eigenvalue weighted by molar-refractivity contribution is -0.142. The van der Waals surface area contributed by atoms with Gasteiger partial charge in [0.15, 0.2) is 0 Å². The molecule has 0 spiro atoms. The molecule has 0 aromatic carbocycles. The highest BCUT2D eigenvalue weighted by Crippen LogP contribution is 2.24. The van der Waals surface area contributed by atoms with Crippen molar-refractivity contribution in [2.45, 2.75) is 58.5 Å². The maximum Gasteiger partial charge on any atom is 0.306 e. The molecule has 0 heterocycles. The smallest absolute Gasteiger partial charge is 0.306 e. The van der Waals surface area contributed by atoms with Gasteiger partial charge in [-0.05, 0) is 45.7 Å². The zero-order chi connectivity index (χ0) is 13.5. The molecule has 4 heteroatoms. The number of likely N-dealkylation sites (N-methyl/N-ethyl adjacent to an activating group) is 1. The molecule has 1 rings (SSSR count). The molecule has 0 radical (unpaired) electrons. The van der Waals surface area contributed by atoms with Gasteiger partial charge in [0.2, 0.25) is 0 Å². The number of hydrogen-bond donors (Lipinski definition) is 2. The average molecular weight is 256 g/mol. The van der Waals surface area contributed by atoms with Crippen LogP contribution in [0.4, 0.5) is 0 Å². The van der Waals surface area contributed by atoms with E-state index in [1.54, 1.807) is 0 Å². The van der Waals surface area contributed by atoms with E-state index < -0.39 is 5.97 Å². The summed E-state index contributed by atoms with van der Waals surface area (Å²) in [6, 6.07) is 0.988. The molecule has 1 fully saturated rings. The molecule has 0 amide bonds. The van der Waals surface area contributed by atoms with Gasteiger partial charge in [-0.3, -0.25) is 4.79 Å². The number of hydrogen-bond acceptors (Lipinski definition) is 3. The standard InChI is InChI=1S/C14H28N2O2/c1-4-16(5-2)10-11(3)15-13-8-6-12(7-9-13)14(17)18/h11-13,15H,4-10H2,1-3H3,(H,17,18). The van der Waals surface area contributed by atoms with Gasteiger partial charge in [0, 0.05) is 18.6 Å². The van der Waals surface area contributed by atoms with Crippen molar-refractivity contribution in [3.8, 4) is 0 Å². The third-order valence-corrected chi connectivity index (χ3v) is 4.02. The van der Waals surface area contributed by atoms with Crippen molar-refractivity contribution in [2.75, 3.05) is 19.6 Å². The van der Waals surface area contributed by atoms with Gasteiger partial charge in [-0.1, -0.05) is 13.8 Å². The third-order valence-electron chi connectivity index (χ3n) is 4.02. The Bertz CT molecular complexity index is 246. The lowest BCUT2D eigenvalue weighted by atomic mass is 9.86. The summed E-state index contributed by atoms with van der Waals surface area (Å²) in [5.41, 5.74) is 0. The zero-order valence-corrected chi connectivity index (χ0v) is 12.0. The van der Waals surface area contributed by atoms with Crippen LogP contribution in [0.25, 0.3) is 0 Å². The molecule has 0 aromatic heterocycles. The molecule has 4 nitrogen and oxygen atoms in total. The summed E-state index contributed by atoms with van der Waals surface area (Å²) in [6.45, 7) is 9.86. The molecular formula is C14H28N2O2. The fourth-order valence-corrected chi connectivity index (χ4v) is 2.83. The Morgan fingerprint density at radius 3 is 2.28 bits per heavy atom. The Labute approximate surface area is 111 Å². The normalized spacial score (nSPS) is 26.2. The van der Waals surface area contributed by atoms with Crippen LogP contribution >= 0.6 is 0 Å². The van der Waals surface area contributed by atoms with Crippen LogP contribution in [0.5, 0.6) is 0 Å². The molecular weight excluding hydrogens is 228 g/mol. The van der Waals surface area contributed by atoms with Gasteiger partial charge in [-0.15, -0.1) is 0 Å². The zero-order valence-electron chi connectivity index (χ0n) is 12.0. The number of carboxylic acid groups (broad SMARTS) is 1. The molecule has 1 aliphatic rings. The Balaban J connectivity index is 2.25. The highest BCUT2D eigenvalue weighted by molar-refractivity contribution is 5.70. The van der Waals surface area contributed by atoms with Crippen molar-refractivity contribution in [1.82, 2.24) is 10.2 Å². The van der Waals surface area contributed by atoms with Gasteiger partial charge in [-0.25, -0.2) is 0 Å². The minimum Gasteiger partial charge on any atom is -0.481 e. The first-order chi connectivity index (χ1) is 8.56. The van der Waals surface area contributed by atoms with Crippen molar-refractivity contribution in [1.29, 1.82) is 0 Å². The van der Waals surface area contributed by atoms with E-state index in [0.29, 0.717) is 12.1 Å². The van der Waals surface area contributed by atoms with Crippen LogP contribution in [0.2, 0.25) is 0 Å². The van der Waals surface area contributed by atoms with E-state index in [0.717, 1.165) is 45.3 Å². The van der Waals surface area contributed by atoms with Gasteiger partial charge < -0.3 is 15.3 Å². The number of rotatable bonds is 7. The van der Waals surface area contributed by atoms with Crippen molar-refractivity contribution >= 4 is 5.97 Å². The number of carbonyl (C=O) groups is 1. The molecule has 1 saturated carbocycles. The van der Waals surface area contributed by atoms with Crippen LogP contribution in [-0.4, -0.2) is 47.7 Å². The number of carboxylic acids is 1.